The lowest BCUT2D eigenvalue weighted by atomic mass is 10.2. The van der Waals surface area contributed by atoms with Crippen LogP contribution in [-0.4, -0.2) is 40.0 Å². The quantitative estimate of drug-likeness (QED) is 0.756. The van der Waals surface area contributed by atoms with Crippen molar-refractivity contribution in [2.45, 2.75) is 25.8 Å². The number of carbonyl (C=O) groups excluding carboxylic acids is 1. The lowest BCUT2D eigenvalue weighted by Crippen LogP contribution is -2.37. The highest BCUT2D eigenvalue weighted by Crippen LogP contribution is 2.29. The number of benzene rings is 1. The van der Waals surface area contributed by atoms with Gasteiger partial charge in [-0.1, -0.05) is 13.0 Å². The smallest absolute Gasteiger partial charge is 0.251 e. The van der Waals surface area contributed by atoms with E-state index in [2.05, 4.69) is 32.1 Å². The normalized spacial score (nSPS) is 17.0. The summed E-state index contributed by atoms with van der Waals surface area (Å²) >= 11 is 0. The zero-order chi connectivity index (χ0) is 18.1. The van der Waals surface area contributed by atoms with Crippen molar-refractivity contribution in [1.82, 2.24) is 20.3 Å². The molecule has 1 saturated heterocycles. The molecule has 1 aliphatic heterocycles. The van der Waals surface area contributed by atoms with E-state index in [0.717, 1.165) is 36.2 Å². The van der Waals surface area contributed by atoms with Gasteiger partial charge in [0.15, 0.2) is 0 Å². The summed E-state index contributed by atoms with van der Waals surface area (Å²) in [6, 6.07) is 5.74. The van der Waals surface area contributed by atoms with Crippen molar-refractivity contribution in [2.75, 3.05) is 18.0 Å². The van der Waals surface area contributed by atoms with E-state index in [1.807, 2.05) is 6.20 Å². The van der Waals surface area contributed by atoms with Crippen LogP contribution in [0.1, 0.15) is 29.3 Å². The minimum Gasteiger partial charge on any atom is -0.354 e. The number of aryl methyl sites for hydroxylation is 1. The Morgan fingerprint density at radius 3 is 3.12 bits per heavy atom. The molecule has 26 heavy (non-hydrogen) atoms. The van der Waals surface area contributed by atoms with Crippen molar-refractivity contribution >= 4 is 22.8 Å². The van der Waals surface area contributed by atoms with Gasteiger partial charge in [0, 0.05) is 30.9 Å². The van der Waals surface area contributed by atoms with Crippen molar-refractivity contribution in [1.29, 1.82) is 0 Å². The van der Waals surface area contributed by atoms with E-state index in [9.17, 15) is 9.18 Å². The average Bonchev–Trinajstić information content (AvgIpc) is 3.28. The van der Waals surface area contributed by atoms with Gasteiger partial charge in [0.05, 0.1) is 5.39 Å². The number of H-pyrrole nitrogens is 1. The number of anilines is 1. The summed E-state index contributed by atoms with van der Waals surface area (Å²) in [6.07, 6.45) is 5.25. The molecule has 4 rings (SSSR count). The maximum absolute atomic E-state index is 13.3. The summed E-state index contributed by atoms with van der Waals surface area (Å²) in [5.41, 5.74) is 2.36. The highest BCUT2D eigenvalue weighted by molar-refractivity contribution is 5.94. The first kappa shape index (κ1) is 16.5. The third-order valence-corrected chi connectivity index (χ3v) is 4.82. The second-order valence-electron chi connectivity index (χ2n) is 6.50. The number of hydrogen-bond acceptors (Lipinski definition) is 4. The highest BCUT2D eigenvalue weighted by atomic mass is 19.1. The van der Waals surface area contributed by atoms with E-state index in [0.29, 0.717) is 12.1 Å². The van der Waals surface area contributed by atoms with Crippen LogP contribution in [0.4, 0.5) is 10.2 Å². The Morgan fingerprint density at radius 1 is 1.42 bits per heavy atom. The first-order valence-corrected chi connectivity index (χ1v) is 8.78. The summed E-state index contributed by atoms with van der Waals surface area (Å²) in [5, 5.41) is 4.04. The fraction of sp³-hybridized carbons (Fsp3) is 0.316. The van der Waals surface area contributed by atoms with Gasteiger partial charge in [0.1, 0.15) is 23.6 Å². The molecule has 2 aromatic heterocycles. The van der Waals surface area contributed by atoms with Gasteiger partial charge in [-0.25, -0.2) is 14.4 Å². The Bertz CT molecular complexity index is 954. The molecule has 3 aromatic rings. The molecule has 2 N–H and O–H groups in total. The number of aromatic nitrogens is 3. The number of fused-ring (bicyclic) bond motifs is 1. The number of amides is 1. The third kappa shape index (κ3) is 3.00. The summed E-state index contributed by atoms with van der Waals surface area (Å²) in [5.74, 6) is 0.240. The van der Waals surface area contributed by atoms with E-state index in [1.165, 1.54) is 17.7 Å². The van der Waals surface area contributed by atoms with E-state index in [1.54, 1.807) is 18.5 Å². The average molecular weight is 353 g/mol. The molecule has 0 unspecified atom stereocenters. The van der Waals surface area contributed by atoms with Crippen molar-refractivity contribution in [2.24, 2.45) is 0 Å². The van der Waals surface area contributed by atoms with Gasteiger partial charge in [-0.2, -0.15) is 0 Å². The second kappa shape index (κ2) is 6.74. The molecule has 0 saturated carbocycles. The Hall–Kier alpha value is -2.96. The highest BCUT2D eigenvalue weighted by Gasteiger charge is 2.27. The molecule has 1 aromatic carbocycles. The zero-order valence-electron chi connectivity index (χ0n) is 14.5. The molecular formula is C19H20FN5O. The standard InChI is InChI=1S/C19H20FN5O/c1-2-12-9-21-17-16(12)18(23-11-22-17)25-7-6-15(10-25)24-19(26)13-4-3-5-14(20)8-13/h3-5,8-9,11,15H,2,6-7,10H2,1H3,(H,24,26)(H,21,22,23)/t15-/m0/s1. The van der Waals surface area contributed by atoms with Crippen molar-refractivity contribution in [3.63, 3.8) is 0 Å². The molecule has 0 radical (unpaired) electrons. The molecule has 1 fully saturated rings. The summed E-state index contributed by atoms with van der Waals surface area (Å²) in [6.45, 7) is 3.57. The number of nitrogens with zero attached hydrogens (tertiary/aromatic N) is 3. The first-order chi connectivity index (χ1) is 12.7. The van der Waals surface area contributed by atoms with Gasteiger partial charge >= 0.3 is 0 Å². The fourth-order valence-electron chi connectivity index (χ4n) is 3.50. The van der Waals surface area contributed by atoms with E-state index >= 15 is 0 Å². The van der Waals surface area contributed by atoms with E-state index < -0.39 is 5.82 Å². The molecule has 3 heterocycles. The van der Waals surface area contributed by atoms with Crippen LogP contribution in [0.3, 0.4) is 0 Å². The zero-order valence-corrected chi connectivity index (χ0v) is 14.5. The molecule has 1 aliphatic rings. The number of carbonyl (C=O) groups is 1. The van der Waals surface area contributed by atoms with Gasteiger partial charge in [-0.05, 0) is 36.6 Å². The number of aromatic amines is 1. The minimum atomic E-state index is -0.409. The maximum atomic E-state index is 13.3. The van der Waals surface area contributed by atoms with Crippen molar-refractivity contribution in [3.8, 4) is 0 Å². The predicted octanol–water partition coefficient (Wildman–Crippen LogP) is 2.67. The molecular weight excluding hydrogens is 333 g/mol. The molecule has 6 nitrogen and oxygen atoms in total. The Balaban J connectivity index is 1.51. The number of halogens is 1. The van der Waals surface area contributed by atoms with Crippen LogP contribution < -0.4 is 10.2 Å². The molecule has 134 valence electrons. The third-order valence-electron chi connectivity index (χ3n) is 4.82. The lowest BCUT2D eigenvalue weighted by molar-refractivity contribution is 0.0940. The van der Waals surface area contributed by atoms with E-state index in [-0.39, 0.29) is 11.9 Å². The minimum absolute atomic E-state index is 0.000184. The molecule has 1 amide bonds. The van der Waals surface area contributed by atoms with Crippen LogP contribution in [0.15, 0.2) is 36.8 Å². The monoisotopic (exact) mass is 353 g/mol. The fourth-order valence-corrected chi connectivity index (χ4v) is 3.50. The molecule has 7 heteroatoms. The largest absolute Gasteiger partial charge is 0.354 e. The topological polar surface area (TPSA) is 73.9 Å². The number of hydrogen-bond donors (Lipinski definition) is 2. The summed E-state index contributed by atoms with van der Waals surface area (Å²) in [4.78, 5) is 26.5. The van der Waals surface area contributed by atoms with Crippen LogP contribution in [0.2, 0.25) is 0 Å². The van der Waals surface area contributed by atoms with Crippen molar-refractivity contribution in [3.05, 3.63) is 53.7 Å². The van der Waals surface area contributed by atoms with Gasteiger partial charge in [-0.15, -0.1) is 0 Å². The molecule has 0 spiro atoms. The number of nitrogens with one attached hydrogen (secondary N) is 2. The lowest BCUT2D eigenvalue weighted by Gasteiger charge is -2.19. The van der Waals surface area contributed by atoms with Crippen LogP contribution in [-0.2, 0) is 6.42 Å². The maximum Gasteiger partial charge on any atom is 0.251 e. The Kier molecular flexibility index (Phi) is 4.28. The first-order valence-electron chi connectivity index (χ1n) is 8.78. The predicted molar refractivity (Wildman–Crippen MR) is 97.8 cm³/mol. The van der Waals surface area contributed by atoms with Gasteiger partial charge < -0.3 is 15.2 Å². The van der Waals surface area contributed by atoms with E-state index in [4.69, 9.17) is 0 Å². The van der Waals surface area contributed by atoms with Crippen LogP contribution in [0.5, 0.6) is 0 Å². The second-order valence-corrected chi connectivity index (χ2v) is 6.50. The summed E-state index contributed by atoms with van der Waals surface area (Å²) in [7, 11) is 0. The van der Waals surface area contributed by atoms with Crippen LogP contribution >= 0.6 is 0 Å². The summed E-state index contributed by atoms with van der Waals surface area (Å²) < 4.78 is 13.3. The van der Waals surface area contributed by atoms with Gasteiger partial charge in [-0.3, -0.25) is 4.79 Å². The Morgan fingerprint density at radius 2 is 2.31 bits per heavy atom. The molecule has 0 bridgehead atoms. The van der Waals surface area contributed by atoms with Crippen LogP contribution in [0.25, 0.3) is 11.0 Å². The Labute approximate surface area is 150 Å². The van der Waals surface area contributed by atoms with Crippen molar-refractivity contribution < 1.29 is 9.18 Å². The molecule has 1 atom stereocenters. The van der Waals surface area contributed by atoms with Gasteiger partial charge in [0.25, 0.3) is 5.91 Å². The number of rotatable bonds is 4. The van der Waals surface area contributed by atoms with Crippen LogP contribution in [0, 0.1) is 5.82 Å². The molecule has 0 aliphatic carbocycles. The SMILES string of the molecule is CCc1c[nH]c2ncnc(N3CC[C@H](NC(=O)c4cccc(F)c4)C3)c12. The van der Waals surface area contributed by atoms with Gasteiger partial charge in [0.2, 0.25) is 0 Å².